The molecule has 0 atom stereocenters. The van der Waals surface area contributed by atoms with Crippen molar-refractivity contribution in [2.75, 3.05) is 61.0 Å². The maximum Gasteiger partial charge on any atom is 0.324 e. The van der Waals surface area contributed by atoms with Crippen LogP contribution in [0.25, 0.3) is 0 Å². The summed E-state index contributed by atoms with van der Waals surface area (Å²) >= 11 is 0. The Morgan fingerprint density at radius 2 is 1.76 bits per heavy atom. The first-order chi connectivity index (χ1) is 13.9. The zero-order valence-corrected chi connectivity index (χ0v) is 16.3. The SMILES string of the molecule is CN1CCCN(C(=O)N2CC3(C2)CN(c2ccc(F)cn2)C3)c2ccc(F)cc21. The van der Waals surface area contributed by atoms with Crippen LogP contribution in [0.2, 0.25) is 0 Å². The van der Waals surface area contributed by atoms with E-state index in [4.69, 9.17) is 0 Å². The summed E-state index contributed by atoms with van der Waals surface area (Å²) in [5, 5.41) is 0. The molecule has 1 aromatic heterocycles. The summed E-state index contributed by atoms with van der Waals surface area (Å²) in [6, 6.07) is 7.70. The van der Waals surface area contributed by atoms with Crippen LogP contribution in [0.3, 0.4) is 0 Å². The van der Waals surface area contributed by atoms with Gasteiger partial charge >= 0.3 is 6.03 Å². The minimum Gasteiger partial charge on any atom is -0.373 e. The fourth-order valence-electron chi connectivity index (χ4n) is 4.69. The van der Waals surface area contributed by atoms with Crippen molar-refractivity contribution in [2.45, 2.75) is 6.42 Å². The van der Waals surface area contributed by atoms with E-state index in [0.29, 0.717) is 19.6 Å². The molecule has 2 saturated heterocycles. The Morgan fingerprint density at radius 1 is 1.00 bits per heavy atom. The Hall–Kier alpha value is -2.90. The largest absolute Gasteiger partial charge is 0.373 e. The minimum atomic E-state index is -0.340. The van der Waals surface area contributed by atoms with E-state index in [1.165, 1.54) is 24.4 Å². The molecule has 29 heavy (non-hydrogen) atoms. The first-order valence-corrected chi connectivity index (χ1v) is 9.88. The number of halogens is 2. The Labute approximate surface area is 168 Å². The van der Waals surface area contributed by atoms with Gasteiger partial charge in [-0.1, -0.05) is 0 Å². The summed E-state index contributed by atoms with van der Waals surface area (Å²) in [5.41, 5.74) is 1.62. The van der Waals surface area contributed by atoms with Crippen LogP contribution in [-0.2, 0) is 0 Å². The standard InChI is InChI=1S/C21H23F2N5O/c1-25-7-2-8-28(17-5-3-15(22)9-18(17)25)20(29)27-13-21(14-27)11-26(12-21)19-6-4-16(23)10-24-19/h3-6,9-10H,2,7-8,11-14H2,1H3. The average Bonchev–Trinajstić information content (AvgIpc) is 2.79. The van der Waals surface area contributed by atoms with Crippen LogP contribution < -0.4 is 14.7 Å². The molecule has 0 radical (unpaired) electrons. The van der Waals surface area contributed by atoms with Gasteiger partial charge in [-0.05, 0) is 36.8 Å². The number of nitrogens with zero attached hydrogens (tertiary/aromatic N) is 5. The number of carbonyl (C=O) groups is 1. The summed E-state index contributed by atoms with van der Waals surface area (Å²) in [5.74, 6) is 0.137. The fourth-order valence-corrected chi connectivity index (χ4v) is 4.69. The summed E-state index contributed by atoms with van der Waals surface area (Å²) < 4.78 is 26.8. The van der Waals surface area contributed by atoms with Crippen molar-refractivity contribution in [2.24, 2.45) is 5.41 Å². The lowest BCUT2D eigenvalue weighted by Crippen LogP contribution is -2.74. The van der Waals surface area contributed by atoms with Gasteiger partial charge in [-0.3, -0.25) is 4.90 Å². The number of benzene rings is 1. The number of rotatable bonds is 1. The van der Waals surface area contributed by atoms with E-state index in [1.54, 1.807) is 17.0 Å². The van der Waals surface area contributed by atoms with Gasteiger partial charge in [-0.25, -0.2) is 18.6 Å². The lowest BCUT2D eigenvalue weighted by Gasteiger charge is -2.60. The minimum absolute atomic E-state index is 0.0165. The molecule has 6 nitrogen and oxygen atoms in total. The van der Waals surface area contributed by atoms with Gasteiger partial charge in [0.25, 0.3) is 0 Å². The summed E-state index contributed by atoms with van der Waals surface area (Å²) in [6.07, 6.45) is 2.06. The maximum absolute atomic E-state index is 13.7. The molecule has 0 N–H and O–H groups in total. The number of fused-ring (bicyclic) bond motifs is 1. The van der Waals surface area contributed by atoms with Gasteiger partial charge in [0, 0.05) is 51.7 Å². The van der Waals surface area contributed by atoms with Crippen LogP contribution in [-0.4, -0.2) is 62.2 Å². The third-order valence-corrected chi connectivity index (χ3v) is 6.16. The lowest BCUT2D eigenvalue weighted by molar-refractivity contribution is 0.00968. The molecule has 2 amide bonds. The van der Waals surface area contributed by atoms with Crippen molar-refractivity contribution in [3.8, 4) is 0 Å². The van der Waals surface area contributed by atoms with E-state index in [-0.39, 0.29) is 23.1 Å². The van der Waals surface area contributed by atoms with E-state index in [2.05, 4.69) is 9.88 Å². The van der Waals surface area contributed by atoms with Crippen molar-refractivity contribution in [1.29, 1.82) is 0 Å². The van der Waals surface area contributed by atoms with Crippen molar-refractivity contribution >= 4 is 23.2 Å². The van der Waals surface area contributed by atoms with Crippen LogP contribution >= 0.6 is 0 Å². The predicted molar refractivity (Wildman–Crippen MR) is 107 cm³/mol. The Balaban J connectivity index is 1.25. The molecule has 3 aliphatic rings. The number of hydrogen-bond donors (Lipinski definition) is 0. The van der Waals surface area contributed by atoms with Gasteiger partial charge in [-0.15, -0.1) is 0 Å². The molecule has 0 aliphatic carbocycles. The van der Waals surface area contributed by atoms with Crippen molar-refractivity contribution in [3.63, 3.8) is 0 Å². The Kier molecular flexibility index (Phi) is 4.11. The monoisotopic (exact) mass is 399 g/mol. The molecule has 2 fully saturated rings. The topological polar surface area (TPSA) is 42.9 Å². The third-order valence-electron chi connectivity index (χ3n) is 6.16. The van der Waals surface area contributed by atoms with E-state index in [0.717, 1.165) is 43.2 Å². The highest BCUT2D eigenvalue weighted by Crippen LogP contribution is 2.42. The lowest BCUT2D eigenvalue weighted by atomic mass is 9.73. The van der Waals surface area contributed by atoms with E-state index in [9.17, 15) is 13.6 Å². The number of hydrogen-bond acceptors (Lipinski definition) is 4. The second-order valence-corrected chi connectivity index (χ2v) is 8.39. The quantitative estimate of drug-likeness (QED) is 0.740. The zero-order chi connectivity index (χ0) is 20.2. The third kappa shape index (κ3) is 3.07. The smallest absolute Gasteiger partial charge is 0.324 e. The van der Waals surface area contributed by atoms with Gasteiger partial charge in [0.05, 0.1) is 17.6 Å². The molecule has 2 aromatic rings. The summed E-state index contributed by atoms with van der Waals surface area (Å²) in [6.45, 7) is 4.44. The first-order valence-electron chi connectivity index (χ1n) is 9.88. The molecule has 5 rings (SSSR count). The molecule has 0 unspecified atom stereocenters. The van der Waals surface area contributed by atoms with Crippen LogP contribution in [0.4, 0.5) is 30.8 Å². The number of likely N-dealkylation sites (tertiary alicyclic amines) is 1. The molecule has 152 valence electrons. The molecular formula is C21H23F2N5O. The number of anilines is 3. The molecule has 1 aromatic carbocycles. The number of pyridine rings is 1. The molecular weight excluding hydrogens is 376 g/mol. The highest BCUT2D eigenvalue weighted by molar-refractivity contribution is 5.96. The van der Waals surface area contributed by atoms with Crippen LogP contribution in [0.5, 0.6) is 0 Å². The van der Waals surface area contributed by atoms with Gasteiger partial charge in [-0.2, -0.15) is 0 Å². The molecule has 1 spiro atoms. The second kappa shape index (κ2) is 6.57. The average molecular weight is 399 g/mol. The molecule has 3 aliphatic heterocycles. The predicted octanol–water partition coefficient (Wildman–Crippen LogP) is 2.95. The van der Waals surface area contributed by atoms with Gasteiger partial charge < -0.3 is 14.7 Å². The highest BCUT2D eigenvalue weighted by atomic mass is 19.1. The van der Waals surface area contributed by atoms with E-state index >= 15 is 0 Å². The highest BCUT2D eigenvalue weighted by Gasteiger charge is 2.54. The Bertz CT molecular complexity index is 937. The Morgan fingerprint density at radius 3 is 2.48 bits per heavy atom. The van der Waals surface area contributed by atoms with Crippen molar-refractivity contribution in [1.82, 2.24) is 9.88 Å². The normalized spacial score (nSPS) is 20.1. The molecule has 0 saturated carbocycles. The summed E-state index contributed by atoms with van der Waals surface area (Å²) in [7, 11) is 1.93. The number of aromatic nitrogens is 1. The number of urea groups is 1. The second-order valence-electron chi connectivity index (χ2n) is 8.39. The zero-order valence-electron chi connectivity index (χ0n) is 16.3. The van der Waals surface area contributed by atoms with Gasteiger partial charge in [0.2, 0.25) is 0 Å². The van der Waals surface area contributed by atoms with Crippen LogP contribution in [0.15, 0.2) is 36.5 Å². The molecule has 8 heteroatoms. The van der Waals surface area contributed by atoms with Crippen LogP contribution in [0.1, 0.15) is 6.42 Å². The maximum atomic E-state index is 13.7. The van der Waals surface area contributed by atoms with E-state index in [1.807, 2.05) is 16.8 Å². The molecule has 4 heterocycles. The van der Waals surface area contributed by atoms with Crippen molar-refractivity contribution < 1.29 is 13.6 Å². The van der Waals surface area contributed by atoms with Gasteiger partial charge in [0.1, 0.15) is 17.5 Å². The number of amides is 2. The fraction of sp³-hybridized carbons (Fsp3) is 0.429. The molecule has 0 bridgehead atoms. The summed E-state index contributed by atoms with van der Waals surface area (Å²) in [4.78, 5) is 25.1. The van der Waals surface area contributed by atoms with Crippen LogP contribution in [0, 0.1) is 17.0 Å². The van der Waals surface area contributed by atoms with Crippen molar-refractivity contribution in [3.05, 3.63) is 48.2 Å². The van der Waals surface area contributed by atoms with Gasteiger partial charge in [0.15, 0.2) is 0 Å². The first kappa shape index (κ1) is 18.1. The number of carbonyl (C=O) groups excluding carboxylic acids is 1. The van der Waals surface area contributed by atoms with E-state index < -0.39 is 0 Å².